The summed E-state index contributed by atoms with van der Waals surface area (Å²) in [5.41, 5.74) is 7.64. The van der Waals surface area contributed by atoms with Gasteiger partial charge in [-0.25, -0.2) is 0 Å². The van der Waals surface area contributed by atoms with E-state index in [4.69, 9.17) is 10.5 Å². The van der Waals surface area contributed by atoms with Gasteiger partial charge in [0, 0.05) is 6.04 Å². The fourth-order valence-electron chi connectivity index (χ4n) is 2.92. The highest BCUT2D eigenvalue weighted by atomic mass is 16.5. The molecule has 1 aromatic carbocycles. The van der Waals surface area contributed by atoms with E-state index in [0.29, 0.717) is 12.0 Å². The molecule has 19 heavy (non-hydrogen) atoms. The van der Waals surface area contributed by atoms with Crippen LogP contribution in [0.5, 0.6) is 5.75 Å². The summed E-state index contributed by atoms with van der Waals surface area (Å²) < 4.78 is 5.23. The molecule has 1 rings (SSSR count). The Balaban J connectivity index is 3.23. The fourth-order valence-corrected chi connectivity index (χ4v) is 2.92. The predicted octanol–water partition coefficient (Wildman–Crippen LogP) is 2.85. The fraction of sp³-hybridized carbons (Fsp3) is 0.625. The van der Waals surface area contributed by atoms with Gasteiger partial charge in [-0.3, -0.25) is 0 Å². The third-order valence-corrected chi connectivity index (χ3v) is 4.11. The smallest absolute Gasteiger partial charge is 0.118 e. The standard InChI is InChI=1S/C16H28N2O/c1-7-15(18(4)5)16(17,12(2)3)13-8-10-14(19-6)11-9-13/h8-12,15H,7,17H2,1-6H3. The lowest BCUT2D eigenvalue weighted by Gasteiger charge is -2.44. The summed E-state index contributed by atoms with van der Waals surface area (Å²) in [5, 5.41) is 0. The Morgan fingerprint density at radius 2 is 1.74 bits per heavy atom. The molecule has 0 spiro atoms. The summed E-state index contributed by atoms with van der Waals surface area (Å²) in [6.45, 7) is 6.57. The van der Waals surface area contributed by atoms with Crippen LogP contribution >= 0.6 is 0 Å². The maximum Gasteiger partial charge on any atom is 0.118 e. The summed E-state index contributed by atoms with van der Waals surface area (Å²) in [6, 6.07) is 8.46. The van der Waals surface area contributed by atoms with E-state index in [1.165, 1.54) is 5.56 Å². The Kier molecular flexibility index (Phi) is 5.39. The molecule has 3 heteroatoms. The monoisotopic (exact) mass is 264 g/mol. The minimum atomic E-state index is -0.357. The normalized spacial score (nSPS) is 16.5. The highest BCUT2D eigenvalue weighted by Gasteiger charge is 2.39. The van der Waals surface area contributed by atoms with Gasteiger partial charge in [0.2, 0.25) is 0 Å². The Hall–Kier alpha value is -1.06. The molecule has 0 bridgehead atoms. The molecule has 0 fully saturated rings. The third-order valence-electron chi connectivity index (χ3n) is 4.11. The van der Waals surface area contributed by atoms with E-state index in [2.05, 4.69) is 51.9 Å². The lowest BCUT2D eigenvalue weighted by molar-refractivity contribution is 0.127. The second-order valence-electron chi connectivity index (χ2n) is 5.70. The van der Waals surface area contributed by atoms with Crippen LogP contribution in [0.3, 0.4) is 0 Å². The molecule has 0 aliphatic rings. The molecular weight excluding hydrogens is 236 g/mol. The van der Waals surface area contributed by atoms with Crippen molar-refractivity contribution in [2.75, 3.05) is 21.2 Å². The van der Waals surface area contributed by atoms with Crippen molar-refractivity contribution >= 4 is 0 Å². The number of nitrogens with two attached hydrogens (primary N) is 1. The van der Waals surface area contributed by atoms with E-state index < -0.39 is 0 Å². The molecule has 108 valence electrons. The van der Waals surface area contributed by atoms with Gasteiger partial charge in [0.1, 0.15) is 5.75 Å². The van der Waals surface area contributed by atoms with E-state index in [9.17, 15) is 0 Å². The van der Waals surface area contributed by atoms with Crippen LogP contribution in [0.15, 0.2) is 24.3 Å². The van der Waals surface area contributed by atoms with Crippen LogP contribution < -0.4 is 10.5 Å². The zero-order chi connectivity index (χ0) is 14.6. The van der Waals surface area contributed by atoms with Crippen LogP contribution in [-0.4, -0.2) is 32.1 Å². The van der Waals surface area contributed by atoms with Gasteiger partial charge in [-0.05, 0) is 44.1 Å². The Labute approximate surface area is 117 Å². The number of rotatable bonds is 6. The molecule has 0 heterocycles. The molecule has 1 aromatic rings. The molecule has 0 saturated heterocycles. The molecular formula is C16H28N2O. The number of methoxy groups -OCH3 is 1. The zero-order valence-electron chi connectivity index (χ0n) is 13.1. The molecule has 0 aliphatic heterocycles. The van der Waals surface area contributed by atoms with Gasteiger partial charge in [0.05, 0.1) is 12.6 Å². The number of ether oxygens (including phenoxy) is 1. The van der Waals surface area contributed by atoms with Gasteiger partial charge in [0.25, 0.3) is 0 Å². The first-order valence-electron chi connectivity index (χ1n) is 6.97. The molecule has 0 amide bonds. The van der Waals surface area contributed by atoms with Crippen molar-refractivity contribution in [3.05, 3.63) is 29.8 Å². The van der Waals surface area contributed by atoms with Crippen LogP contribution in [-0.2, 0) is 5.54 Å². The van der Waals surface area contributed by atoms with Crippen LogP contribution in [0.1, 0.15) is 32.8 Å². The highest BCUT2D eigenvalue weighted by Crippen LogP contribution is 2.34. The number of nitrogens with zero attached hydrogens (tertiary/aromatic N) is 1. The van der Waals surface area contributed by atoms with E-state index in [1.54, 1.807) is 7.11 Å². The highest BCUT2D eigenvalue weighted by molar-refractivity contribution is 5.33. The second-order valence-corrected chi connectivity index (χ2v) is 5.70. The van der Waals surface area contributed by atoms with Crippen molar-refractivity contribution in [3.8, 4) is 5.75 Å². The Bertz CT molecular complexity index is 386. The first-order chi connectivity index (χ1) is 8.87. The molecule has 0 aliphatic carbocycles. The van der Waals surface area contributed by atoms with E-state index >= 15 is 0 Å². The molecule has 0 aromatic heterocycles. The number of benzene rings is 1. The molecule has 3 nitrogen and oxygen atoms in total. The van der Waals surface area contributed by atoms with Gasteiger partial charge in [-0.15, -0.1) is 0 Å². The molecule has 0 radical (unpaired) electrons. The number of hydrogen-bond acceptors (Lipinski definition) is 3. The van der Waals surface area contributed by atoms with Crippen LogP contribution in [0.25, 0.3) is 0 Å². The number of likely N-dealkylation sites (N-methyl/N-ethyl adjacent to an activating group) is 1. The summed E-state index contributed by atoms with van der Waals surface area (Å²) in [7, 11) is 5.88. The Morgan fingerprint density at radius 3 is 2.05 bits per heavy atom. The van der Waals surface area contributed by atoms with Crippen molar-refractivity contribution in [3.63, 3.8) is 0 Å². The van der Waals surface area contributed by atoms with Crippen LogP contribution in [0.2, 0.25) is 0 Å². The van der Waals surface area contributed by atoms with Crippen molar-refractivity contribution in [2.45, 2.75) is 38.8 Å². The van der Waals surface area contributed by atoms with Crippen molar-refractivity contribution < 1.29 is 4.74 Å². The van der Waals surface area contributed by atoms with Gasteiger partial charge in [-0.2, -0.15) is 0 Å². The summed E-state index contributed by atoms with van der Waals surface area (Å²) in [5.74, 6) is 1.22. The van der Waals surface area contributed by atoms with E-state index in [1.807, 2.05) is 12.1 Å². The van der Waals surface area contributed by atoms with Crippen molar-refractivity contribution in [1.82, 2.24) is 4.90 Å². The SMILES string of the molecule is CCC(N(C)C)C(N)(c1ccc(OC)cc1)C(C)C. The largest absolute Gasteiger partial charge is 0.497 e. The lowest BCUT2D eigenvalue weighted by atomic mass is 9.73. The summed E-state index contributed by atoms with van der Waals surface area (Å²) >= 11 is 0. The minimum absolute atomic E-state index is 0.306. The molecule has 2 unspecified atom stereocenters. The van der Waals surface area contributed by atoms with Gasteiger partial charge >= 0.3 is 0 Å². The second kappa shape index (κ2) is 6.40. The lowest BCUT2D eigenvalue weighted by Crippen LogP contribution is -2.57. The maximum absolute atomic E-state index is 6.83. The predicted molar refractivity (Wildman–Crippen MR) is 81.5 cm³/mol. The first kappa shape index (κ1) is 16.0. The minimum Gasteiger partial charge on any atom is -0.497 e. The quantitative estimate of drug-likeness (QED) is 0.858. The zero-order valence-corrected chi connectivity index (χ0v) is 13.1. The van der Waals surface area contributed by atoms with Crippen LogP contribution in [0, 0.1) is 5.92 Å². The third kappa shape index (κ3) is 3.10. The first-order valence-corrected chi connectivity index (χ1v) is 6.97. The molecule has 2 atom stereocenters. The molecule has 2 N–H and O–H groups in total. The van der Waals surface area contributed by atoms with Crippen molar-refractivity contribution in [1.29, 1.82) is 0 Å². The topological polar surface area (TPSA) is 38.5 Å². The maximum atomic E-state index is 6.83. The van der Waals surface area contributed by atoms with Gasteiger partial charge in [-0.1, -0.05) is 32.9 Å². The van der Waals surface area contributed by atoms with E-state index in [-0.39, 0.29) is 5.54 Å². The van der Waals surface area contributed by atoms with E-state index in [0.717, 1.165) is 12.2 Å². The van der Waals surface area contributed by atoms with Gasteiger partial charge in [0.15, 0.2) is 0 Å². The van der Waals surface area contributed by atoms with Crippen molar-refractivity contribution in [2.24, 2.45) is 11.7 Å². The Morgan fingerprint density at radius 1 is 1.21 bits per heavy atom. The summed E-state index contributed by atoms with van der Waals surface area (Å²) in [4.78, 5) is 2.23. The van der Waals surface area contributed by atoms with Crippen LogP contribution in [0.4, 0.5) is 0 Å². The molecule has 0 saturated carbocycles. The average Bonchev–Trinajstić information content (AvgIpc) is 2.38. The summed E-state index contributed by atoms with van der Waals surface area (Å²) in [6.07, 6.45) is 1.02. The number of hydrogen-bond donors (Lipinski definition) is 1. The van der Waals surface area contributed by atoms with Gasteiger partial charge < -0.3 is 15.4 Å². The average molecular weight is 264 g/mol.